The highest BCUT2D eigenvalue weighted by atomic mass is 16.6. The number of aryl methyl sites for hydroxylation is 1. The fourth-order valence-electron chi connectivity index (χ4n) is 4.09. The number of ether oxygens (including phenoxy) is 1. The average Bonchev–Trinajstić information content (AvgIpc) is 3.08. The first-order chi connectivity index (χ1) is 13.3. The van der Waals surface area contributed by atoms with Crippen LogP contribution in [-0.4, -0.2) is 43.2 Å². The summed E-state index contributed by atoms with van der Waals surface area (Å²) in [5.74, 6) is 0.888. The van der Waals surface area contributed by atoms with Crippen molar-refractivity contribution in [3.63, 3.8) is 0 Å². The first-order valence-electron chi connectivity index (χ1n) is 9.87. The van der Waals surface area contributed by atoms with Gasteiger partial charge in [-0.2, -0.15) is 4.98 Å². The van der Waals surface area contributed by atoms with Crippen molar-refractivity contribution in [2.75, 3.05) is 6.54 Å². The summed E-state index contributed by atoms with van der Waals surface area (Å²) in [6, 6.07) is -0.271. The van der Waals surface area contributed by atoms with Crippen molar-refractivity contribution in [2.24, 2.45) is 5.41 Å². The molecule has 8 heteroatoms. The van der Waals surface area contributed by atoms with E-state index in [0.29, 0.717) is 18.3 Å². The minimum absolute atomic E-state index is 0.222. The van der Waals surface area contributed by atoms with Gasteiger partial charge in [0.15, 0.2) is 0 Å². The van der Waals surface area contributed by atoms with Crippen LogP contribution >= 0.6 is 0 Å². The fraction of sp³-hybridized carbons (Fsp3) is 0.650. The van der Waals surface area contributed by atoms with Gasteiger partial charge in [-0.25, -0.2) is 14.8 Å². The molecule has 1 aliphatic heterocycles. The topological polar surface area (TPSA) is 94.2 Å². The first-order valence-corrected chi connectivity index (χ1v) is 9.87. The van der Waals surface area contributed by atoms with Crippen molar-refractivity contribution in [3.8, 4) is 11.4 Å². The molecular formula is C20H27N5O3. The van der Waals surface area contributed by atoms with E-state index in [2.05, 4.69) is 20.1 Å². The zero-order valence-electron chi connectivity index (χ0n) is 16.9. The minimum Gasteiger partial charge on any atom is -0.444 e. The quantitative estimate of drug-likeness (QED) is 0.769. The van der Waals surface area contributed by atoms with Gasteiger partial charge in [0.2, 0.25) is 11.7 Å². The highest BCUT2D eigenvalue weighted by Gasteiger charge is 2.47. The van der Waals surface area contributed by atoms with Crippen LogP contribution in [0.5, 0.6) is 0 Å². The standard InChI is InChI=1S/C20H27N5O3/c1-13-14(10-21-12-22-13)16-23-17(28-24-16)15-6-9-20(7-5-8-20)11-25(15)18(26)27-19(2,3)4/h10,12,15H,5-9,11H2,1-4H3. The van der Waals surface area contributed by atoms with Gasteiger partial charge in [-0.05, 0) is 58.8 Å². The van der Waals surface area contributed by atoms with Gasteiger partial charge in [-0.1, -0.05) is 11.6 Å². The number of rotatable bonds is 2. The van der Waals surface area contributed by atoms with Gasteiger partial charge in [0, 0.05) is 12.7 Å². The summed E-state index contributed by atoms with van der Waals surface area (Å²) < 4.78 is 11.3. The van der Waals surface area contributed by atoms with E-state index in [4.69, 9.17) is 9.26 Å². The van der Waals surface area contributed by atoms with Crippen molar-refractivity contribution in [3.05, 3.63) is 24.1 Å². The molecule has 3 heterocycles. The van der Waals surface area contributed by atoms with E-state index >= 15 is 0 Å². The van der Waals surface area contributed by atoms with Crippen molar-refractivity contribution < 1.29 is 14.1 Å². The number of nitrogens with zero attached hydrogens (tertiary/aromatic N) is 5. The van der Waals surface area contributed by atoms with E-state index in [-0.39, 0.29) is 17.6 Å². The molecule has 2 aromatic heterocycles. The number of piperidine rings is 1. The summed E-state index contributed by atoms with van der Waals surface area (Å²) in [7, 11) is 0. The number of carbonyl (C=O) groups excluding carboxylic acids is 1. The molecule has 4 rings (SSSR count). The van der Waals surface area contributed by atoms with Gasteiger partial charge in [0.05, 0.1) is 11.3 Å². The molecule has 0 bridgehead atoms. The van der Waals surface area contributed by atoms with Crippen LogP contribution in [0.15, 0.2) is 17.0 Å². The lowest BCUT2D eigenvalue weighted by Gasteiger charge is -2.50. The lowest BCUT2D eigenvalue weighted by Crippen LogP contribution is -2.51. The minimum atomic E-state index is -0.551. The van der Waals surface area contributed by atoms with Gasteiger partial charge in [0.1, 0.15) is 18.0 Å². The molecule has 1 saturated heterocycles. The molecule has 1 aliphatic carbocycles. The van der Waals surface area contributed by atoms with Crippen LogP contribution in [0.3, 0.4) is 0 Å². The Bertz CT molecular complexity index is 869. The van der Waals surface area contributed by atoms with E-state index < -0.39 is 5.60 Å². The maximum Gasteiger partial charge on any atom is 0.410 e. The second-order valence-electron chi connectivity index (χ2n) is 8.99. The maximum absolute atomic E-state index is 13.0. The summed E-state index contributed by atoms with van der Waals surface area (Å²) in [5, 5.41) is 4.12. The van der Waals surface area contributed by atoms with Crippen molar-refractivity contribution in [1.82, 2.24) is 25.0 Å². The Hall–Kier alpha value is -2.51. The Labute approximate surface area is 164 Å². The number of amides is 1. The zero-order chi connectivity index (χ0) is 19.9. The lowest BCUT2D eigenvalue weighted by atomic mass is 9.63. The van der Waals surface area contributed by atoms with Gasteiger partial charge >= 0.3 is 6.09 Å². The summed E-state index contributed by atoms with van der Waals surface area (Å²) >= 11 is 0. The molecule has 1 spiro atoms. The Kier molecular flexibility index (Phi) is 4.59. The number of hydrogen-bond donors (Lipinski definition) is 0. The summed E-state index contributed by atoms with van der Waals surface area (Å²) in [5.41, 5.74) is 1.18. The third-order valence-corrected chi connectivity index (χ3v) is 5.75. The average molecular weight is 385 g/mol. The Morgan fingerprint density at radius 2 is 2.11 bits per heavy atom. The molecule has 1 unspecified atom stereocenters. The monoisotopic (exact) mass is 385 g/mol. The second kappa shape index (κ2) is 6.83. The molecule has 0 radical (unpaired) electrons. The van der Waals surface area contributed by atoms with Gasteiger partial charge < -0.3 is 9.26 Å². The van der Waals surface area contributed by atoms with E-state index in [9.17, 15) is 4.79 Å². The molecule has 0 N–H and O–H groups in total. The largest absolute Gasteiger partial charge is 0.444 e. The van der Waals surface area contributed by atoms with Crippen molar-refractivity contribution in [2.45, 2.75) is 71.4 Å². The van der Waals surface area contributed by atoms with Gasteiger partial charge in [-0.15, -0.1) is 0 Å². The molecule has 2 fully saturated rings. The normalized spacial score (nSPS) is 21.4. The third-order valence-electron chi connectivity index (χ3n) is 5.75. The predicted octanol–water partition coefficient (Wildman–Crippen LogP) is 4.08. The van der Waals surface area contributed by atoms with Crippen LogP contribution < -0.4 is 0 Å². The third kappa shape index (κ3) is 3.59. The number of likely N-dealkylation sites (tertiary alicyclic amines) is 1. The summed E-state index contributed by atoms with van der Waals surface area (Å²) in [6.07, 6.45) is 8.25. The fourth-order valence-corrected chi connectivity index (χ4v) is 4.09. The zero-order valence-corrected chi connectivity index (χ0v) is 16.9. The first kappa shape index (κ1) is 18.8. The van der Waals surface area contributed by atoms with E-state index in [1.807, 2.05) is 27.7 Å². The number of aromatic nitrogens is 4. The van der Waals surface area contributed by atoms with Crippen molar-refractivity contribution in [1.29, 1.82) is 0 Å². The van der Waals surface area contributed by atoms with Crippen LogP contribution in [-0.2, 0) is 4.74 Å². The SMILES string of the molecule is Cc1ncncc1-c1noc(C2CCC3(CCC3)CN2C(=O)OC(C)(C)C)n1. The van der Waals surface area contributed by atoms with Crippen LogP contribution in [0, 0.1) is 12.3 Å². The molecule has 150 valence electrons. The van der Waals surface area contributed by atoms with Gasteiger partial charge in [0.25, 0.3) is 0 Å². The second-order valence-corrected chi connectivity index (χ2v) is 8.99. The maximum atomic E-state index is 13.0. The summed E-state index contributed by atoms with van der Waals surface area (Å²) in [4.78, 5) is 27.5. The molecular weight excluding hydrogens is 358 g/mol. The number of hydrogen-bond acceptors (Lipinski definition) is 7. The molecule has 28 heavy (non-hydrogen) atoms. The Morgan fingerprint density at radius 1 is 1.32 bits per heavy atom. The predicted molar refractivity (Wildman–Crippen MR) is 101 cm³/mol. The smallest absolute Gasteiger partial charge is 0.410 e. The van der Waals surface area contributed by atoms with E-state index in [1.54, 1.807) is 11.1 Å². The number of carbonyl (C=O) groups is 1. The van der Waals surface area contributed by atoms with Crippen LogP contribution in [0.25, 0.3) is 11.4 Å². The summed E-state index contributed by atoms with van der Waals surface area (Å²) in [6.45, 7) is 8.20. The van der Waals surface area contributed by atoms with E-state index in [1.165, 1.54) is 12.7 Å². The highest BCUT2D eigenvalue weighted by Crippen LogP contribution is 2.51. The molecule has 1 amide bonds. The van der Waals surface area contributed by atoms with Crippen LogP contribution in [0.4, 0.5) is 4.79 Å². The Morgan fingerprint density at radius 3 is 2.75 bits per heavy atom. The Balaban J connectivity index is 1.61. The molecule has 1 saturated carbocycles. The van der Waals surface area contributed by atoms with Crippen molar-refractivity contribution >= 4 is 6.09 Å². The highest BCUT2D eigenvalue weighted by molar-refractivity contribution is 5.69. The van der Waals surface area contributed by atoms with Gasteiger partial charge in [-0.3, -0.25) is 4.90 Å². The molecule has 2 aliphatic rings. The molecule has 1 atom stereocenters. The molecule has 2 aromatic rings. The van der Waals surface area contributed by atoms with Crippen LogP contribution in [0.1, 0.15) is 70.5 Å². The molecule has 0 aromatic carbocycles. The lowest BCUT2D eigenvalue weighted by molar-refractivity contribution is -0.0417. The van der Waals surface area contributed by atoms with E-state index in [0.717, 1.165) is 36.9 Å². The van der Waals surface area contributed by atoms with Crippen LogP contribution in [0.2, 0.25) is 0 Å². The molecule has 8 nitrogen and oxygen atoms in total.